The minimum Gasteiger partial charge on any atom is -0.491 e. The van der Waals surface area contributed by atoms with Gasteiger partial charge in [0, 0.05) is 30.0 Å². The molecule has 0 aromatic heterocycles. The average Bonchev–Trinajstić information content (AvgIpc) is 2.61. The summed E-state index contributed by atoms with van der Waals surface area (Å²) in [6, 6.07) is 4.43. The molecule has 2 atom stereocenters. The Morgan fingerprint density at radius 1 is 1.42 bits per heavy atom. The smallest absolute Gasteiger partial charge is 0.236 e. The molecule has 2 aliphatic rings. The summed E-state index contributed by atoms with van der Waals surface area (Å²) in [7, 11) is 0. The highest BCUT2D eigenvalue weighted by atomic mass is 19.1. The molecule has 0 radical (unpaired) electrons. The number of ketones is 1. The lowest BCUT2D eigenvalue weighted by Crippen LogP contribution is -2.41. The molecule has 1 aliphatic heterocycles. The van der Waals surface area contributed by atoms with Crippen molar-refractivity contribution in [1.82, 2.24) is 5.32 Å². The molecule has 0 saturated heterocycles. The second-order valence-corrected chi connectivity index (χ2v) is 6.88. The number of hydrogen-bond acceptors (Lipinski definition) is 4. The highest BCUT2D eigenvalue weighted by molar-refractivity contribution is 6.21. The fourth-order valence-corrected chi connectivity index (χ4v) is 3.21. The Morgan fingerprint density at radius 2 is 2.23 bits per heavy atom. The lowest BCUT2D eigenvalue weighted by Gasteiger charge is -2.26. The minimum atomic E-state index is -0.929. The number of Topliss-reactive ketones (excluding diaryl/α,β-unsaturated/α-hetero) is 1. The van der Waals surface area contributed by atoms with Crippen molar-refractivity contribution in [1.29, 1.82) is 0 Å². The van der Waals surface area contributed by atoms with Gasteiger partial charge in [0.05, 0.1) is 12.1 Å². The molecule has 138 valence electrons. The monoisotopic (exact) mass is 358 g/mol. The number of aliphatic imine (C=N–C) groups is 1. The molecule has 1 aromatic rings. The van der Waals surface area contributed by atoms with Crippen molar-refractivity contribution in [2.24, 2.45) is 10.9 Å². The third-order valence-corrected chi connectivity index (χ3v) is 4.52. The van der Waals surface area contributed by atoms with Gasteiger partial charge in [-0.25, -0.2) is 4.39 Å². The molecule has 0 spiro atoms. The standard InChI is InChI=1S/C20H23FN2O3/c1-12(2)26-14-8-7-13(17(21)9-14)10-23-20(25)16-11-22-18-6-4-3-5-15(18)19(16)24/h5,7-9,11-12,16,18H,3-4,6,10H2,1-2H3,(H,23,25). The molecule has 1 aliphatic carbocycles. The van der Waals surface area contributed by atoms with Gasteiger partial charge in [-0.15, -0.1) is 0 Å². The largest absolute Gasteiger partial charge is 0.491 e. The molecule has 1 N–H and O–H groups in total. The van der Waals surface area contributed by atoms with Crippen LogP contribution in [0.5, 0.6) is 5.75 Å². The molecule has 2 unspecified atom stereocenters. The Labute approximate surface area is 152 Å². The summed E-state index contributed by atoms with van der Waals surface area (Å²) < 4.78 is 19.6. The van der Waals surface area contributed by atoms with Crippen LogP contribution >= 0.6 is 0 Å². The number of hydrogen-bond donors (Lipinski definition) is 1. The third kappa shape index (κ3) is 4.00. The predicted octanol–water partition coefficient (Wildman–Crippen LogP) is 2.98. The van der Waals surface area contributed by atoms with Gasteiger partial charge in [-0.2, -0.15) is 0 Å². The van der Waals surface area contributed by atoms with Crippen LogP contribution in [-0.2, 0) is 16.1 Å². The fourth-order valence-electron chi connectivity index (χ4n) is 3.21. The van der Waals surface area contributed by atoms with Crippen LogP contribution in [0.2, 0.25) is 0 Å². The van der Waals surface area contributed by atoms with E-state index in [1.807, 2.05) is 19.9 Å². The van der Waals surface area contributed by atoms with E-state index in [-0.39, 0.29) is 24.5 Å². The van der Waals surface area contributed by atoms with Crippen molar-refractivity contribution in [3.63, 3.8) is 0 Å². The summed E-state index contributed by atoms with van der Waals surface area (Å²) in [6.07, 6.45) is 5.97. The van der Waals surface area contributed by atoms with Crippen LogP contribution in [0.4, 0.5) is 4.39 Å². The molecule has 0 bridgehead atoms. The molecule has 26 heavy (non-hydrogen) atoms. The number of halogens is 1. The molecular formula is C20H23FN2O3. The molecule has 1 heterocycles. The van der Waals surface area contributed by atoms with Gasteiger partial charge in [0.2, 0.25) is 5.91 Å². The first-order valence-corrected chi connectivity index (χ1v) is 8.96. The summed E-state index contributed by atoms with van der Waals surface area (Å²) in [5, 5.41) is 2.64. The van der Waals surface area contributed by atoms with E-state index >= 15 is 0 Å². The average molecular weight is 358 g/mol. The second-order valence-electron chi connectivity index (χ2n) is 6.88. The lowest BCUT2D eigenvalue weighted by molar-refractivity contribution is -0.129. The zero-order valence-corrected chi connectivity index (χ0v) is 15.0. The Hall–Kier alpha value is -2.50. The number of benzene rings is 1. The lowest BCUT2D eigenvalue weighted by atomic mass is 9.84. The second kappa shape index (κ2) is 7.81. The molecule has 6 heteroatoms. The van der Waals surface area contributed by atoms with Crippen LogP contribution < -0.4 is 10.1 Å². The maximum Gasteiger partial charge on any atom is 0.236 e. The SMILES string of the molecule is CC(C)Oc1ccc(CNC(=O)C2C=NC3CCCC=C3C2=O)c(F)c1. The van der Waals surface area contributed by atoms with Gasteiger partial charge in [-0.3, -0.25) is 14.6 Å². The van der Waals surface area contributed by atoms with Crippen molar-refractivity contribution in [2.75, 3.05) is 0 Å². The molecule has 3 rings (SSSR count). The first-order valence-electron chi connectivity index (χ1n) is 8.96. The summed E-state index contributed by atoms with van der Waals surface area (Å²) in [6.45, 7) is 3.73. The van der Waals surface area contributed by atoms with Crippen LogP contribution in [0.25, 0.3) is 0 Å². The predicted molar refractivity (Wildman–Crippen MR) is 96.7 cm³/mol. The van der Waals surface area contributed by atoms with Crippen molar-refractivity contribution in [2.45, 2.75) is 51.8 Å². The molecule has 0 saturated carbocycles. The molecule has 0 fully saturated rings. The minimum absolute atomic E-state index is 0.00667. The van der Waals surface area contributed by atoms with E-state index < -0.39 is 17.6 Å². The number of fused-ring (bicyclic) bond motifs is 1. The van der Waals surface area contributed by atoms with E-state index in [1.54, 1.807) is 12.1 Å². The summed E-state index contributed by atoms with van der Waals surface area (Å²) in [4.78, 5) is 29.2. The fraction of sp³-hybridized carbons (Fsp3) is 0.450. The number of nitrogens with one attached hydrogen (secondary N) is 1. The first kappa shape index (κ1) is 18.3. The van der Waals surface area contributed by atoms with Crippen molar-refractivity contribution in [3.05, 3.63) is 41.2 Å². The van der Waals surface area contributed by atoms with E-state index in [4.69, 9.17) is 4.74 Å². The van der Waals surface area contributed by atoms with Crippen molar-refractivity contribution in [3.8, 4) is 5.75 Å². The molecular weight excluding hydrogens is 335 g/mol. The summed E-state index contributed by atoms with van der Waals surface area (Å²) in [5.41, 5.74) is 0.977. The Balaban J connectivity index is 1.63. The maximum atomic E-state index is 14.2. The van der Waals surface area contributed by atoms with Gasteiger partial charge >= 0.3 is 0 Å². The number of allylic oxidation sites excluding steroid dienone is 1. The summed E-state index contributed by atoms with van der Waals surface area (Å²) >= 11 is 0. The number of rotatable bonds is 5. The zero-order chi connectivity index (χ0) is 18.7. The molecule has 1 aromatic carbocycles. The number of carbonyl (C=O) groups excluding carboxylic acids is 2. The highest BCUT2D eigenvalue weighted by Crippen LogP contribution is 2.27. The van der Waals surface area contributed by atoms with Gasteiger partial charge in [0.1, 0.15) is 17.5 Å². The van der Waals surface area contributed by atoms with Gasteiger partial charge in [0.25, 0.3) is 0 Å². The number of amides is 1. The van der Waals surface area contributed by atoms with Crippen LogP contribution in [0.15, 0.2) is 34.8 Å². The van der Waals surface area contributed by atoms with E-state index in [1.165, 1.54) is 12.3 Å². The highest BCUT2D eigenvalue weighted by Gasteiger charge is 2.35. The normalized spacial score (nSPS) is 22.0. The third-order valence-electron chi connectivity index (χ3n) is 4.52. The van der Waals surface area contributed by atoms with E-state index in [0.29, 0.717) is 16.9 Å². The van der Waals surface area contributed by atoms with Gasteiger partial charge in [0.15, 0.2) is 5.78 Å². The van der Waals surface area contributed by atoms with Crippen molar-refractivity contribution >= 4 is 17.9 Å². The van der Waals surface area contributed by atoms with Gasteiger partial charge in [-0.1, -0.05) is 12.1 Å². The van der Waals surface area contributed by atoms with Crippen LogP contribution in [-0.4, -0.2) is 30.1 Å². The molecule has 5 nitrogen and oxygen atoms in total. The molecule has 1 amide bonds. The zero-order valence-electron chi connectivity index (χ0n) is 15.0. The van der Waals surface area contributed by atoms with E-state index in [9.17, 15) is 14.0 Å². The number of ether oxygens (including phenoxy) is 1. The first-order chi connectivity index (χ1) is 12.5. The van der Waals surface area contributed by atoms with Crippen molar-refractivity contribution < 1.29 is 18.7 Å². The maximum absolute atomic E-state index is 14.2. The number of nitrogens with zero attached hydrogens (tertiary/aromatic N) is 1. The summed E-state index contributed by atoms with van der Waals surface area (Å²) in [5.74, 6) is -1.59. The van der Waals surface area contributed by atoms with E-state index in [2.05, 4.69) is 10.3 Å². The van der Waals surface area contributed by atoms with E-state index in [0.717, 1.165) is 19.3 Å². The topological polar surface area (TPSA) is 67.8 Å². The Kier molecular flexibility index (Phi) is 5.49. The number of carbonyl (C=O) groups is 2. The Morgan fingerprint density at radius 3 is 2.96 bits per heavy atom. The van der Waals surface area contributed by atoms with Crippen LogP contribution in [0, 0.1) is 11.7 Å². The Bertz CT molecular complexity index is 770. The van der Waals surface area contributed by atoms with Crippen LogP contribution in [0.3, 0.4) is 0 Å². The van der Waals surface area contributed by atoms with Gasteiger partial charge in [-0.05, 0) is 39.2 Å². The van der Waals surface area contributed by atoms with Gasteiger partial charge < -0.3 is 10.1 Å². The van der Waals surface area contributed by atoms with Crippen LogP contribution in [0.1, 0.15) is 38.7 Å². The quantitative estimate of drug-likeness (QED) is 0.823.